The average molecular weight is 242 g/mol. The van der Waals surface area contributed by atoms with E-state index in [0.29, 0.717) is 0 Å². The molecule has 0 aromatic heterocycles. The number of hydrogen-bond donors (Lipinski definition) is 1. The number of nitrogens with zero attached hydrogens (tertiary/aromatic N) is 1. The minimum Gasteiger partial charge on any atom is -0.356 e. The van der Waals surface area contributed by atoms with Crippen LogP contribution >= 0.6 is 0 Å². The summed E-state index contributed by atoms with van der Waals surface area (Å²) in [5, 5.41) is 3.33. The summed E-state index contributed by atoms with van der Waals surface area (Å²) in [7, 11) is -5.65. The summed E-state index contributed by atoms with van der Waals surface area (Å²) in [6.07, 6.45) is 4.86. The van der Waals surface area contributed by atoms with E-state index in [1.54, 1.807) is 0 Å². The average Bonchev–Trinajstić information content (AvgIpc) is 2.30. The summed E-state index contributed by atoms with van der Waals surface area (Å²) in [5.74, 6) is -0.627. The van der Waals surface area contributed by atoms with Crippen molar-refractivity contribution in [2.75, 3.05) is 0 Å². The summed E-state index contributed by atoms with van der Waals surface area (Å²) in [5.41, 5.74) is -3.49. The van der Waals surface area contributed by atoms with Gasteiger partial charge in [0.25, 0.3) is 0 Å². The third kappa shape index (κ3) is 2.98. The third-order valence-corrected chi connectivity index (χ3v) is 2.14. The molecule has 1 N–H and O–H groups in total. The van der Waals surface area contributed by atoms with E-state index >= 15 is 0 Å². The molecule has 84 valence electrons. The van der Waals surface area contributed by atoms with Crippen LogP contribution in [-0.4, -0.2) is 20.1 Å². The van der Waals surface area contributed by atoms with E-state index in [1.165, 1.54) is 18.4 Å². The number of hydrazone groups is 1. The minimum atomic E-state index is -5.65. The van der Waals surface area contributed by atoms with Gasteiger partial charge in [-0.2, -0.15) is 26.7 Å². The number of allylic oxidation sites excluding steroid dienone is 3. The van der Waals surface area contributed by atoms with E-state index in [0.717, 1.165) is 6.08 Å². The summed E-state index contributed by atoms with van der Waals surface area (Å²) in [4.78, 5) is 0. The van der Waals surface area contributed by atoms with Gasteiger partial charge in [-0.25, -0.2) is 5.43 Å². The highest BCUT2D eigenvalue weighted by atomic mass is 32.2. The fourth-order valence-corrected chi connectivity index (χ4v) is 1.01. The molecule has 0 aliphatic carbocycles. The fraction of sp³-hybridized carbons (Fsp3) is 0.167. The molecule has 0 aromatic rings. The van der Waals surface area contributed by atoms with Crippen molar-refractivity contribution in [2.24, 2.45) is 5.10 Å². The van der Waals surface area contributed by atoms with E-state index in [9.17, 15) is 21.6 Å². The highest BCUT2D eigenvalue weighted by molar-refractivity contribution is 7.87. The third-order valence-electron chi connectivity index (χ3n) is 1.18. The topological polar surface area (TPSA) is 67.8 Å². The molecule has 0 fully saturated rings. The van der Waals surface area contributed by atoms with Gasteiger partial charge in [-0.1, -0.05) is 6.08 Å². The maximum atomic E-state index is 11.9. The molecule has 1 aliphatic heterocycles. The van der Waals surface area contributed by atoms with Crippen molar-refractivity contribution in [1.82, 2.24) is 5.43 Å². The summed E-state index contributed by atoms with van der Waals surface area (Å²) in [6, 6.07) is 0. The zero-order valence-electron chi connectivity index (χ0n) is 7.02. The Morgan fingerprint density at radius 1 is 1.33 bits per heavy atom. The van der Waals surface area contributed by atoms with Crippen LogP contribution in [0.5, 0.6) is 0 Å². The van der Waals surface area contributed by atoms with Crippen LogP contribution in [0, 0.1) is 0 Å². The lowest BCUT2D eigenvalue weighted by molar-refractivity contribution is -0.0525. The predicted molar refractivity (Wildman–Crippen MR) is 44.9 cm³/mol. The van der Waals surface area contributed by atoms with Crippen LogP contribution in [0.3, 0.4) is 0 Å². The van der Waals surface area contributed by atoms with E-state index in [2.05, 4.69) is 9.28 Å². The Kier molecular flexibility index (Phi) is 3.03. The SMILES string of the molecule is O=S(=O)(OC1=CC=CC=NN1)C(F)(F)F. The number of alkyl halides is 3. The fourth-order valence-electron chi connectivity index (χ4n) is 0.586. The first-order valence-electron chi connectivity index (χ1n) is 3.50. The molecule has 0 saturated carbocycles. The Balaban J connectivity index is 2.83. The molecule has 0 amide bonds. The second-order valence-corrected chi connectivity index (χ2v) is 3.83. The lowest BCUT2D eigenvalue weighted by atomic mass is 10.5. The molecular formula is C6H5F3N2O3S. The van der Waals surface area contributed by atoms with Gasteiger partial charge in [0, 0.05) is 12.3 Å². The minimum absolute atomic E-state index is 0.627. The normalized spacial score (nSPS) is 16.6. The van der Waals surface area contributed by atoms with Crippen molar-refractivity contribution in [2.45, 2.75) is 5.51 Å². The van der Waals surface area contributed by atoms with Crippen LogP contribution in [0.25, 0.3) is 0 Å². The van der Waals surface area contributed by atoms with Crippen LogP contribution in [0.2, 0.25) is 0 Å². The Hall–Kier alpha value is -1.51. The van der Waals surface area contributed by atoms with E-state index < -0.39 is 21.5 Å². The monoisotopic (exact) mass is 242 g/mol. The second-order valence-electron chi connectivity index (χ2n) is 2.29. The smallest absolute Gasteiger partial charge is 0.356 e. The second kappa shape index (κ2) is 3.93. The Morgan fingerprint density at radius 3 is 2.60 bits per heavy atom. The van der Waals surface area contributed by atoms with Gasteiger partial charge in [0.2, 0.25) is 5.88 Å². The largest absolute Gasteiger partial charge is 0.534 e. The molecule has 0 unspecified atom stereocenters. The van der Waals surface area contributed by atoms with Crippen molar-refractivity contribution in [3.63, 3.8) is 0 Å². The summed E-state index contributed by atoms with van der Waals surface area (Å²) >= 11 is 0. The van der Waals surface area contributed by atoms with E-state index in [1.807, 2.05) is 5.43 Å². The molecule has 0 radical (unpaired) electrons. The Bertz CT molecular complexity index is 421. The molecule has 1 rings (SSSR count). The van der Waals surface area contributed by atoms with Gasteiger partial charge in [0.1, 0.15) is 0 Å². The summed E-state index contributed by atoms with van der Waals surface area (Å²) < 4.78 is 60.4. The molecule has 0 saturated heterocycles. The van der Waals surface area contributed by atoms with Gasteiger partial charge in [-0.05, 0) is 6.08 Å². The molecule has 15 heavy (non-hydrogen) atoms. The first-order valence-corrected chi connectivity index (χ1v) is 4.90. The molecule has 0 bridgehead atoms. The standard InChI is InChI=1S/C6H5F3N2O3S/c7-6(8,9)15(12,13)14-5-3-1-2-4-10-11-5/h1-4,11H. The van der Waals surface area contributed by atoms with Crippen molar-refractivity contribution < 1.29 is 25.8 Å². The van der Waals surface area contributed by atoms with Crippen LogP contribution in [-0.2, 0) is 14.3 Å². The predicted octanol–water partition coefficient (Wildman–Crippen LogP) is 0.839. The lowest BCUT2D eigenvalue weighted by Crippen LogP contribution is -2.27. The molecule has 5 nitrogen and oxygen atoms in total. The van der Waals surface area contributed by atoms with Crippen LogP contribution in [0.15, 0.2) is 29.2 Å². The maximum absolute atomic E-state index is 11.9. The van der Waals surface area contributed by atoms with Gasteiger partial charge in [0.15, 0.2) is 0 Å². The van der Waals surface area contributed by atoms with Crippen molar-refractivity contribution in [3.05, 3.63) is 24.1 Å². The van der Waals surface area contributed by atoms with Crippen molar-refractivity contribution >= 4 is 16.3 Å². The quantitative estimate of drug-likeness (QED) is 0.575. The van der Waals surface area contributed by atoms with Gasteiger partial charge in [-0.3, -0.25) is 0 Å². The van der Waals surface area contributed by atoms with Gasteiger partial charge < -0.3 is 4.18 Å². The van der Waals surface area contributed by atoms with Gasteiger partial charge >= 0.3 is 15.6 Å². The van der Waals surface area contributed by atoms with Crippen molar-refractivity contribution in [3.8, 4) is 0 Å². The van der Waals surface area contributed by atoms with E-state index in [4.69, 9.17) is 0 Å². The maximum Gasteiger partial charge on any atom is 0.534 e. The molecule has 0 aromatic carbocycles. The van der Waals surface area contributed by atoms with Crippen LogP contribution in [0.1, 0.15) is 0 Å². The zero-order chi connectivity index (χ0) is 11.5. The first-order chi connectivity index (χ1) is 6.83. The van der Waals surface area contributed by atoms with Gasteiger partial charge in [-0.15, -0.1) is 0 Å². The van der Waals surface area contributed by atoms with Crippen molar-refractivity contribution in [1.29, 1.82) is 0 Å². The number of halogens is 3. The molecular weight excluding hydrogens is 237 g/mol. The number of nitrogens with one attached hydrogen (secondary N) is 1. The zero-order valence-corrected chi connectivity index (χ0v) is 7.84. The molecule has 1 heterocycles. The molecule has 0 atom stereocenters. The Morgan fingerprint density at radius 2 is 2.00 bits per heavy atom. The highest BCUT2D eigenvalue weighted by Crippen LogP contribution is 2.26. The van der Waals surface area contributed by atoms with E-state index in [-0.39, 0.29) is 0 Å². The Labute approximate surface area is 83.0 Å². The van der Waals surface area contributed by atoms with Crippen LogP contribution < -0.4 is 5.43 Å². The lowest BCUT2D eigenvalue weighted by Gasteiger charge is -2.10. The van der Waals surface area contributed by atoms with Gasteiger partial charge in [0.05, 0.1) is 0 Å². The highest BCUT2D eigenvalue weighted by Gasteiger charge is 2.49. The first kappa shape index (κ1) is 11.6. The van der Waals surface area contributed by atoms with Crippen LogP contribution in [0.4, 0.5) is 13.2 Å². The molecule has 1 aliphatic rings. The molecule has 0 spiro atoms. The number of hydrogen-bond acceptors (Lipinski definition) is 5. The molecule has 9 heteroatoms. The number of rotatable bonds is 2. The summed E-state index contributed by atoms with van der Waals surface area (Å²) in [6.45, 7) is 0.